The van der Waals surface area contributed by atoms with Gasteiger partial charge in [0.1, 0.15) is 10.6 Å². The Balaban J connectivity index is 1.89. The van der Waals surface area contributed by atoms with Gasteiger partial charge in [0.15, 0.2) is 0 Å². The Bertz CT molecular complexity index is 411. The van der Waals surface area contributed by atoms with Crippen LogP contribution in [0.3, 0.4) is 0 Å². The van der Waals surface area contributed by atoms with Gasteiger partial charge < -0.3 is 15.0 Å². The molecule has 0 atom stereocenters. The van der Waals surface area contributed by atoms with Crippen LogP contribution in [0.1, 0.15) is 29.4 Å². The van der Waals surface area contributed by atoms with E-state index < -0.39 is 0 Å². The molecule has 106 valence electrons. The number of carbonyl (C=O) groups excluding carboxylic acids is 1. The SMILES string of the molecule is CCNCC1CCN(C(=O)c2sccc2OC)CC1. The Kier molecular flexibility index (Phi) is 5.22. The molecule has 1 saturated heterocycles. The number of nitrogens with one attached hydrogen (secondary N) is 1. The van der Waals surface area contributed by atoms with Crippen molar-refractivity contribution in [2.75, 3.05) is 33.3 Å². The molecule has 1 aromatic heterocycles. The minimum atomic E-state index is 0.119. The second-order valence-corrected chi connectivity index (χ2v) is 5.78. The number of methoxy groups -OCH3 is 1. The first kappa shape index (κ1) is 14.3. The van der Waals surface area contributed by atoms with E-state index in [0.717, 1.165) is 43.9 Å². The predicted molar refractivity (Wildman–Crippen MR) is 78.0 cm³/mol. The molecule has 2 rings (SSSR count). The largest absolute Gasteiger partial charge is 0.495 e. The molecule has 0 radical (unpaired) electrons. The molecule has 1 fully saturated rings. The van der Waals surface area contributed by atoms with Crippen LogP contribution in [0, 0.1) is 5.92 Å². The third-order valence-corrected chi connectivity index (χ3v) is 4.51. The molecule has 1 aliphatic heterocycles. The Hall–Kier alpha value is -1.07. The fourth-order valence-corrected chi connectivity index (χ4v) is 3.27. The van der Waals surface area contributed by atoms with E-state index in [1.165, 1.54) is 11.3 Å². The predicted octanol–water partition coefficient (Wildman–Crippen LogP) is 2.22. The fourth-order valence-electron chi connectivity index (χ4n) is 2.45. The zero-order valence-corrected chi connectivity index (χ0v) is 12.5. The molecule has 2 heterocycles. The number of rotatable bonds is 5. The Morgan fingerprint density at radius 2 is 2.26 bits per heavy atom. The normalized spacial score (nSPS) is 16.6. The van der Waals surface area contributed by atoms with Crippen LogP contribution in [-0.2, 0) is 0 Å². The Labute approximate surface area is 118 Å². The summed E-state index contributed by atoms with van der Waals surface area (Å²) in [6, 6.07) is 1.86. The van der Waals surface area contributed by atoms with Crippen molar-refractivity contribution in [3.8, 4) is 5.75 Å². The molecule has 4 nitrogen and oxygen atoms in total. The van der Waals surface area contributed by atoms with Crippen molar-refractivity contribution in [2.45, 2.75) is 19.8 Å². The fraction of sp³-hybridized carbons (Fsp3) is 0.643. The number of likely N-dealkylation sites (tertiary alicyclic amines) is 1. The van der Waals surface area contributed by atoms with Gasteiger partial charge in [0, 0.05) is 13.1 Å². The third-order valence-electron chi connectivity index (χ3n) is 3.63. The van der Waals surface area contributed by atoms with Crippen LogP contribution in [0.25, 0.3) is 0 Å². The van der Waals surface area contributed by atoms with Crippen molar-refractivity contribution in [3.63, 3.8) is 0 Å². The van der Waals surface area contributed by atoms with Crippen molar-refractivity contribution >= 4 is 17.2 Å². The first-order chi connectivity index (χ1) is 9.26. The molecule has 0 aromatic carbocycles. The maximum atomic E-state index is 12.4. The van der Waals surface area contributed by atoms with Crippen LogP contribution in [-0.4, -0.2) is 44.1 Å². The lowest BCUT2D eigenvalue weighted by Gasteiger charge is -2.32. The molecule has 1 aliphatic rings. The molecule has 0 saturated carbocycles. The summed E-state index contributed by atoms with van der Waals surface area (Å²) >= 11 is 1.46. The lowest BCUT2D eigenvalue weighted by molar-refractivity contribution is 0.0692. The second-order valence-electron chi connectivity index (χ2n) is 4.86. The molecule has 1 N–H and O–H groups in total. The number of thiophene rings is 1. The van der Waals surface area contributed by atoms with Gasteiger partial charge in [0.05, 0.1) is 7.11 Å². The van der Waals surface area contributed by atoms with Gasteiger partial charge in [-0.05, 0) is 43.3 Å². The summed E-state index contributed by atoms with van der Waals surface area (Å²) in [5, 5.41) is 5.29. The third kappa shape index (κ3) is 3.48. The van der Waals surface area contributed by atoms with E-state index in [9.17, 15) is 4.79 Å². The summed E-state index contributed by atoms with van der Waals surface area (Å²) in [7, 11) is 1.61. The van der Waals surface area contributed by atoms with Crippen molar-refractivity contribution in [1.82, 2.24) is 10.2 Å². The molecule has 0 bridgehead atoms. The number of nitrogens with zero attached hydrogens (tertiary/aromatic N) is 1. The van der Waals surface area contributed by atoms with Gasteiger partial charge >= 0.3 is 0 Å². The van der Waals surface area contributed by atoms with E-state index in [4.69, 9.17) is 4.74 Å². The summed E-state index contributed by atoms with van der Waals surface area (Å²) in [6.45, 7) is 5.93. The summed E-state index contributed by atoms with van der Waals surface area (Å²) in [4.78, 5) is 15.1. The topological polar surface area (TPSA) is 41.6 Å². The van der Waals surface area contributed by atoms with E-state index >= 15 is 0 Å². The van der Waals surface area contributed by atoms with Gasteiger partial charge in [-0.15, -0.1) is 11.3 Å². The maximum absolute atomic E-state index is 12.4. The van der Waals surface area contributed by atoms with Gasteiger partial charge in [-0.25, -0.2) is 0 Å². The van der Waals surface area contributed by atoms with E-state index in [1.807, 2.05) is 16.3 Å². The summed E-state index contributed by atoms with van der Waals surface area (Å²) in [5.41, 5.74) is 0. The maximum Gasteiger partial charge on any atom is 0.267 e. The minimum absolute atomic E-state index is 0.119. The van der Waals surface area contributed by atoms with Crippen LogP contribution in [0.5, 0.6) is 5.75 Å². The van der Waals surface area contributed by atoms with Crippen molar-refractivity contribution in [3.05, 3.63) is 16.3 Å². The average Bonchev–Trinajstić information content (AvgIpc) is 2.93. The average molecular weight is 282 g/mol. The van der Waals surface area contributed by atoms with Crippen LogP contribution in [0.2, 0.25) is 0 Å². The molecule has 0 unspecified atom stereocenters. The molecule has 0 aliphatic carbocycles. The first-order valence-corrected chi connectivity index (χ1v) is 7.75. The lowest BCUT2D eigenvalue weighted by atomic mass is 9.96. The van der Waals surface area contributed by atoms with Crippen molar-refractivity contribution in [2.24, 2.45) is 5.92 Å². The highest BCUT2D eigenvalue weighted by Gasteiger charge is 2.25. The molecule has 0 spiro atoms. The standard InChI is InChI=1S/C14H22N2O2S/c1-3-15-10-11-4-7-16(8-5-11)14(17)13-12(18-2)6-9-19-13/h6,9,11,15H,3-5,7-8,10H2,1-2H3. The Morgan fingerprint density at radius 3 is 2.89 bits per heavy atom. The van der Waals surface area contributed by atoms with Crippen LogP contribution >= 0.6 is 11.3 Å². The molecule has 1 aromatic rings. The number of piperidine rings is 1. The first-order valence-electron chi connectivity index (χ1n) is 6.87. The van der Waals surface area contributed by atoms with Crippen molar-refractivity contribution in [1.29, 1.82) is 0 Å². The molecule has 1 amide bonds. The van der Waals surface area contributed by atoms with E-state index in [-0.39, 0.29) is 5.91 Å². The van der Waals surface area contributed by atoms with Gasteiger partial charge in [-0.3, -0.25) is 4.79 Å². The van der Waals surface area contributed by atoms with Crippen LogP contribution in [0.4, 0.5) is 0 Å². The number of amides is 1. The van der Waals surface area contributed by atoms with Crippen LogP contribution in [0.15, 0.2) is 11.4 Å². The molecule has 5 heteroatoms. The zero-order valence-electron chi connectivity index (χ0n) is 11.6. The van der Waals surface area contributed by atoms with E-state index in [1.54, 1.807) is 7.11 Å². The second kappa shape index (κ2) is 6.91. The highest BCUT2D eigenvalue weighted by molar-refractivity contribution is 7.12. The molecular formula is C14H22N2O2S. The number of hydrogen-bond acceptors (Lipinski definition) is 4. The highest BCUT2D eigenvalue weighted by Crippen LogP contribution is 2.27. The zero-order chi connectivity index (χ0) is 13.7. The quantitative estimate of drug-likeness (QED) is 0.900. The number of carbonyl (C=O) groups is 1. The van der Waals surface area contributed by atoms with Crippen LogP contribution < -0.4 is 10.1 Å². The molecule has 19 heavy (non-hydrogen) atoms. The van der Waals surface area contributed by atoms with E-state index in [2.05, 4.69) is 12.2 Å². The monoisotopic (exact) mass is 282 g/mol. The summed E-state index contributed by atoms with van der Waals surface area (Å²) in [6.07, 6.45) is 2.18. The lowest BCUT2D eigenvalue weighted by Crippen LogP contribution is -2.40. The van der Waals surface area contributed by atoms with E-state index in [0.29, 0.717) is 11.7 Å². The van der Waals surface area contributed by atoms with Crippen molar-refractivity contribution < 1.29 is 9.53 Å². The summed E-state index contributed by atoms with van der Waals surface area (Å²) < 4.78 is 5.22. The Morgan fingerprint density at radius 1 is 1.53 bits per heavy atom. The smallest absolute Gasteiger partial charge is 0.267 e. The minimum Gasteiger partial charge on any atom is -0.495 e. The number of ether oxygens (including phenoxy) is 1. The number of hydrogen-bond donors (Lipinski definition) is 1. The van der Waals surface area contributed by atoms with Gasteiger partial charge in [0.25, 0.3) is 5.91 Å². The van der Waals surface area contributed by atoms with Gasteiger partial charge in [-0.1, -0.05) is 6.92 Å². The highest BCUT2D eigenvalue weighted by atomic mass is 32.1. The van der Waals surface area contributed by atoms with Gasteiger partial charge in [0.2, 0.25) is 0 Å². The van der Waals surface area contributed by atoms with Gasteiger partial charge in [-0.2, -0.15) is 0 Å². The summed E-state index contributed by atoms with van der Waals surface area (Å²) in [5.74, 6) is 1.52. The molecular weight excluding hydrogens is 260 g/mol.